The van der Waals surface area contributed by atoms with Gasteiger partial charge in [0.05, 0.1) is 11.1 Å². The summed E-state index contributed by atoms with van der Waals surface area (Å²) in [6.45, 7) is 0.767. The number of rotatable bonds is 9. The minimum Gasteiger partial charge on any atom is -0.375 e. The van der Waals surface area contributed by atoms with Crippen molar-refractivity contribution in [1.29, 1.82) is 0 Å². The number of carbonyl (C=O) groups is 4. The molecule has 0 fully saturated rings. The number of nitrogens with zero attached hydrogens (tertiary/aromatic N) is 1. The van der Waals surface area contributed by atoms with Crippen LogP contribution in [-0.2, 0) is 14.3 Å². The van der Waals surface area contributed by atoms with Crippen LogP contribution in [-0.4, -0.2) is 61.9 Å². The third-order valence-electron chi connectivity index (χ3n) is 3.76. The van der Waals surface area contributed by atoms with E-state index in [1.165, 1.54) is 7.11 Å². The topological polar surface area (TPSA) is 105 Å². The third kappa shape index (κ3) is 5.12. The zero-order chi connectivity index (χ0) is 19.1. The second kappa shape index (κ2) is 9.44. The summed E-state index contributed by atoms with van der Waals surface area (Å²) in [5, 5.41) is 5.25. The quantitative estimate of drug-likeness (QED) is 0.447. The zero-order valence-corrected chi connectivity index (χ0v) is 15.9. The fraction of sp³-hybridized carbons (Fsp3) is 0.412. The summed E-state index contributed by atoms with van der Waals surface area (Å²) < 4.78 is 5.40. The second-order valence-electron chi connectivity index (χ2n) is 5.69. The van der Waals surface area contributed by atoms with Gasteiger partial charge in [-0.15, -0.1) is 0 Å². The van der Waals surface area contributed by atoms with Crippen molar-refractivity contribution in [3.8, 4) is 0 Å². The smallest absolute Gasteiger partial charge is 0.261 e. The van der Waals surface area contributed by atoms with E-state index in [2.05, 4.69) is 31.3 Å². The lowest BCUT2D eigenvalue weighted by Crippen LogP contribution is -2.36. The number of hydrogen-bond donors (Lipinski definition) is 2. The largest absolute Gasteiger partial charge is 0.375 e. The van der Waals surface area contributed by atoms with E-state index < -0.39 is 0 Å². The molecular weight excluding hydrogens is 406 g/mol. The first-order valence-electron chi connectivity index (χ1n) is 8.12. The maximum atomic E-state index is 12.3. The standard InChI is InChI=1S/C17H20BrN3O5/c1-26-10-15(23)20-7-6-19-14(22)3-2-8-21-16(24)12-5-4-11(18)9-13(12)17(21)25/h4-5,9H,2-3,6-8,10H2,1H3,(H,19,22)(H,20,23). The summed E-state index contributed by atoms with van der Waals surface area (Å²) in [5.74, 6) is -1.13. The summed E-state index contributed by atoms with van der Waals surface area (Å²) in [4.78, 5) is 48.7. The summed E-state index contributed by atoms with van der Waals surface area (Å²) >= 11 is 3.28. The lowest BCUT2D eigenvalue weighted by molar-refractivity contribution is -0.125. The van der Waals surface area contributed by atoms with E-state index in [1.54, 1.807) is 18.2 Å². The van der Waals surface area contributed by atoms with E-state index in [0.29, 0.717) is 30.6 Å². The Kier molecular flexibility index (Phi) is 7.28. The molecule has 8 nitrogen and oxygen atoms in total. The average Bonchev–Trinajstić information content (AvgIpc) is 2.83. The van der Waals surface area contributed by atoms with Crippen LogP contribution in [0.3, 0.4) is 0 Å². The highest BCUT2D eigenvalue weighted by molar-refractivity contribution is 9.10. The van der Waals surface area contributed by atoms with Gasteiger partial charge in [-0.2, -0.15) is 0 Å². The molecule has 0 aliphatic carbocycles. The molecule has 1 aromatic rings. The summed E-state index contributed by atoms with van der Waals surface area (Å²) in [7, 11) is 1.43. The van der Waals surface area contributed by atoms with Crippen LogP contribution in [0, 0.1) is 0 Å². The Bertz CT molecular complexity index is 722. The Balaban J connectivity index is 1.70. The number of nitrogens with one attached hydrogen (secondary N) is 2. The van der Waals surface area contributed by atoms with Crippen molar-refractivity contribution in [3.05, 3.63) is 33.8 Å². The number of amides is 4. The fourth-order valence-corrected chi connectivity index (χ4v) is 2.90. The van der Waals surface area contributed by atoms with Gasteiger partial charge in [0.1, 0.15) is 6.61 Å². The molecule has 0 unspecified atom stereocenters. The van der Waals surface area contributed by atoms with Gasteiger partial charge < -0.3 is 15.4 Å². The average molecular weight is 426 g/mol. The first-order valence-corrected chi connectivity index (χ1v) is 8.91. The number of hydrogen-bond acceptors (Lipinski definition) is 5. The monoisotopic (exact) mass is 425 g/mol. The minimum absolute atomic E-state index is 0.0230. The molecule has 1 aliphatic heterocycles. The van der Waals surface area contributed by atoms with Gasteiger partial charge >= 0.3 is 0 Å². The molecule has 0 spiro atoms. The number of ether oxygens (including phenoxy) is 1. The SMILES string of the molecule is COCC(=O)NCCNC(=O)CCCN1C(=O)c2ccc(Br)cc2C1=O. The molecule has 0 atom stereocenters. The third-order valence-corrected chi connectivity index (χ3v) is 4.26. The van der Waals surface area contributed by atoms with Crippen molar-refractivity contribution in [3.63, 3.8) is 0 Å². The van der Waals surface area contributed by atoms with Crippen LogP contribution in [0.25, 0.3) is 0 Å². The van der Waals surface area contributed by atoms with Crippen LogP contribution in [0.1, 0.15) is 33.6 Å². The molecule has 4 amide bonds. The predicted octanol–water partition coefficient (Wildman–Crippen LogP) is 0.704. The van der Waals surface area contributed by atoms with Gasteiger partial charge in [-0.05, 0) is 24.6 Å². The van der Waals surface area contributed by atoms with E-state index in [-0.39, 0.29) is 43.2 Å². The maximum absolute atomic E-state index is 12.3. The highest BCUT2D eigenvalue weighted by atomic mass is 79.9. The van der Waals surface area contributed by atoms with Gasteiger partial charge in [-0.1, -0.05) is 15.9 Å². The van der Waals surface area contributed by atoms with Crippen LogP contribution in [0.5, 0.6) is 0 Å². The molecule has 2 N–H and O–H groups in total. The second-order valence-corrected chi connectivity index (χ2v) is 6.60. The van der Waals surface area contributed by atoms with Gasteiger partial charge in [-0.25, -0.2) is 0 Å². The van der Waals surface area contributed by atoms with Gasteiger partial charge in [0.15, 0.2) is 0 Å². The molecule has 26 heavy (non-hydrogen) atoms. The molecule has 2 rings (SSSR count). The molecule has 0 aromatic heterocycles. The van der Waals surface area contributed by atoms with E-state index in [0.717, 1.165) is 9.37 Å². The van der Waals surface area contributed by atoms with Crippen molar-refractivity contribution in [2.75, 3.05) is 33.4 Å². The molecular formula is C17H20BrN3O5. The van der Waals surface area contributed by atoms with Crippen LogP contribution in [0.4, 0.5) is 0 Å². The molecule has 0 saturated heterocycles. The van der Waals surface area contributed by atoms with Gasteiger partial charge in [0.2, 0.25) is 11.8 Å². The van der Waals surface area contributed by atoms with Crippen molar-refractivity contribution < 1.29 is 23.9 Å². The van der Waals surface area contributed by atoms with E-state index in [1.807, 2.05) is 0 Å². The normalized spacial score (nSPS) is 12.9. The first kappa shape index (κ1) is 20.1. The molecule has 0 bridgehead atoms. The van der Waals surface area contributed by atoms with Crippen LogP contribution in [0.2, 0.25) is 0 Å². The summed E-state index contributed by atoms with van der Waals surface area (Å²) in [6, 6.07) is 4.96. The summed E-state index contributed by atoms with van der Waals surface area (Å²) in [6.07, 6.45) is 0.553. The van der Waals surface area contributed by atoms with E-state index in [4.69, 9.17) is 0 Å². The van der Waals surface area contributed by atoms with Crippen LogP contribution in [0.15, 0.2) is 22.7 Å². The number of imide groups is 1. The predicted molar refractivity (Wildman–Crippen MR) is 96.6 cm³/mol. The molecule has 1 aromatic carbocycles. The molecule has 9 heteroatoms. The highest BCUT2D eigenvalue weighted by Crippen LogP contribution is 2.26. The van der Waals surface area contributed by atoms with Crippen molar-refractivity contribution >= 4 is 39.6 Å². The van der Waals surface area contributed by atoms with Gasteiger partial charge in [0.25, 0.3) is 11.8 Å². The Morgan fingerprint density at radius 1 is 1.08 bits per heavy atom. The Morgan fingerprint density at radius 2 is 1.73 bits per heavy atom. The van der Waals surface area contributed by atoms with Gasteiger partial charge in [0, 0.05) is 37.6 Å². The van der Waals surface area contributed by atoms with E-state index in [9.17, 15) is 19.2 Å². The van der Waals surface area contributed by atoms with Crippen molar-refractivity contribution in [1.82, 2.24) is 15.5 Å². The van der Waals surface area contributed by atoms with Crippen LogP contribution < -0.4 is 10.6 Å². The van der Waals surface area contributed by atoms with E-state index >= 15 is 0 Å². The number of methoxy groups -OCH3 is 1. The van der Waals surface area contributed by atoms with Gasteiger partial charge in [-0.3, -0.25) is 24.1 Å². The van der Waals surface area contributed by atoms with Crippen molar-refractivity contribution in [2.24, 2.45) is 0 Å². The molecule has 1 aliphatic rings. The highest BCUT2D eigenvalue weighted by Gasteiger charge is 2.35. The number of halogens is 1. The molecule has 1 heterocycles. The maximum Gasteiger partial charge on any atom is 0.261 e. The molecule has 0 radical (unpaired) electrons. The van der Waals surface area contributed by atoms with Crippen molar-refractivity contribution in [2.45, 2.75) is 12.8 Å². The van der Waals surface area contributed by atoms with Crippen LogP contribution >= 0.6 is 15.9 Å². The Labute approximate surface area is 159 Å². The molecule has 0 saturated carbocycles. The lowest BCUT2D eigenvalue weighted by atomic mass is 10.1. The summed E-state index contributed by atoms with van der Waals surface area (Å²) in [5.41, 5.74) is 0.759. The fourth-order valence-electron chi connectivity index (χ4n) is 2.54. The lowest BCUT2D eigenvalue weighted by Gasteiger charge is -2.13. The minimum atomic E-state index is -0.340. The first-order chi connectivity index (χ1) is 12.4. The number of carbonyl (C=O) groups excluding carboxylic acids is 4. The molecule has 140 valence electrons. The number of benzene rings is 1. The Hall–Kier alpha value is -2.26. The zero-order valence-electron chi connectivity index (χ0n) is 14.3. The number of fused-ring (bicyclic) bond motifs is 1. The Morgan fingerprint density at radius 3 is 2.42 bits per heavy atom.